The predicted octanol–water partition coefficient (Wildman–Crippen LogP) is 12.2. The van der Waals surface area contributed by atoms with E-state index in [0.29, 0.717) is 0 Å². The molecule has 0 atom stereocenters. The van der Waals surface area contributed by atoms with Gasteiger partial charge in [-0.05, 0) is 36.8 Å². The van der Waals surface area contributed by atoms with Gasteiger partial charge in [0.2, 0.25) is 0 Å². The van der Waals surface area contributed by atoms with Crippen LogP contribution in [0.4, 0.5) is 0 Å². The topological polar surface area (TPSA) is 0 Å². The van der Waals surface area contributed by atoms with Gasteiger partial charge in [0.1, 0.15) is 0 Å². The van der Waals surface area contributed by atoms with E-state index < -0.39 is 0 Å². The largest absolute Gasteiger partial charge is 0.0654 e. The van der Waals surface area contributed by atoms with Gasteiger partial charge in [-0.3, -0.25) is 0 Å². The van der Waals surface area contributed by atoms with Gasteiger partial charge in [-0.25, -0.2) is 0 Å². The molecule has 0 radical (unpaired) electrons. The summed E-state index contributed by atoms with van der Waals surface area (Å²) in [7, 11) is 0. The average Bonchev–Trinajstić information content (AvgIpc) is 2.85. The molecule has 1 aromatic rings. The zero-order chi connectivity index (χ0) is 24.4. The zero-order valence-corrected chi connectivity index (χ0v) is 23.7. The Morgan fingerprint density at radius 1 is 0.353 bits per heavy atom. The summed E-state index contributed by atoms with van der Waals surface area (Å²) in [6.45, 7) is 4.61. The molecule has 0 bridgehead atoms. The van der Waals surface area contributed by atoms with Crippen LogP contribution < -0.4 is 0 Å². The number of hydrogen-bond acceptors (Lipinski definition) is 0. The molecular formula is C34H62. The molecule has 0 spiro atoms. The zero-order valence-electron chi connectivity index (χ0n) is 23.7. The Morgan fingerprint density at radius 2 is 0.618 bits per heavy atom. The summed E-state index contributed by atoms with van der Waals surface area (Å²) >= 11 is 0. The maximum Gasteiger partial charge on any atom is -0.0279 e. The molecule has 0 aliphatic heterocycles. The van der Waals surface area contributed by atoms with Gasteiger partial charge < -0.3 is 0 Å². The standard InChI is InChI=1S/C34H62/c1-3-5-7-9-11-13-15-17-19-21-23-25-28-33-30-27-31-34(32-33)29-26-24-22-20-18-16-14-12-10-8-6-4-2/h27,30-32H,3-26,28-29H2,1-2H3. The van der Waals surface area contributed by atoms with Crippen LogP contribution in [-0.2, 0) is 12.8 Å². The van der Waals surface area contributed by atoms with Crippen molar-refractivity contribution in [2.75, 3.05) is 0 Å². The number of unbranched alkanes of at least 4 members (excludes halogenated alkanes) is 22. The molecule has 0 aliphatic rings. The van der Waals surface area contributed by atoms with Gasteiger partial charge in [0.15, 0.2) is 0 Å². The molecule has 1 rings (SSSR count). The first kappa shape index (κ1) is 31.3. The van der Waals surface area contributed by atoms with Crippen LogP contribution in [0.1, 0.15) is 179 Å². The first-order chi connectivity index (χ1) is 16.9. The fourth-order valence-electron chi connectivity index (χ4n) is 5.28. The van der Waals surface area contributed by atoms with Crippen molar-refractivity contribution in [3.8, 4) is 0 Å². The fourth-order valence-corrected chi connectivity index (χ4v) is 5.28. The second-order valence-corrected chi connectivity index (χ2v) is 11.1. The van der Waals surface area contributed by atoms with Crippen LogP contribution in [0.2, 0.25) is 0 Å². The lowest BCUT2D eigenvalue weighted by molar-refractivity contribution is 0.543. The Morgan fingerprint density at radius 3 is 0.912 bits per heavy atom. The molecular weight excluding hydrogens is 408 g/mol. The molecule has 0 heterocycles. The summed E-state index contributed by atoms with van der Waals surface area (Å²) in [5.41, 5.74) is 3.15. The Kier molecular flexibility index (Phi) is 23.3. The van der Waals surface area contributed by atoms with Crippen molar-refractivity contribution >= 4 is 0 Å². The minimum Gasteiger partial charge on any atom is -0.0654 e. The number of hydrogen-bond donors (Lipinski definition) is 0. The van der Waals surface area contributed by atoms with Gasteiger partial charge in [-0.1, -0.05) is 179 Å². The predicted molar refractivity (Wildman–Crippen MR) is 156 cm³/mol. The van der Waals surface area contributed by atoms with Gasteiger partial charge in [-0.2, -0.15) is 0 Å². The Hall–Kier alpha value is -0.780. The molecule has 0 nitrogen and oxygen atoms in total. The Balaban J connectivity index is 1.91. The molecule has 34 heavy (non-hydrogen) atoms. The number of benzene rings is 1. The maximum absolute atomic E-state index is 2.50. The highest BCUT2D eigenvalue weighted by molar-refractivity contribution is 5.23. The van der Waals surface area contributed by atoms with Crippen molar-refractivity contribution in [2.24, 2.45) is 0 Å². The van der Waals surface area contributed by atoms with Crippen LogP contribution in [0.15, 0.2) is 24.3 Å². The van der Waals surface area contributed by atoms with E-state index in [2.05, 4.69) is 38.1 Å². The smallest absolute Gasteiger partial charge is 0.0279 e. The monoisotopic (exact) mass is 470 g/mol. The second-order valence-electron chi connectivity index (χ2n) is 11.1. The highest BCUT2D eigenvalue weighted by atomic mass is 14.1. The Labute approximate surface area is 216 Å². The summed E-state index contributed by atoms with van der Waals surface area (Å²) in [5.74, 6) is 0. The average molecular weight is 471 g/mol. The molecule has 198 valence electrons. The first-order valence-corrected chi connectivity index (χ1v) is 15.9. The molecule has 0 aromatic heterocycles. The quantitative estimate of drug-likeness (QED) is 0.118. The summed E-state index contributed by atoms with van der Waals surface area (Å²) in [5, 5.41) is 0. The van der Waals surface area contributed by atoms with Crippen molar-refractivity contribution in [1.82, 2.24) is 0 Å². The van der Waals surface area contributed by atoms with Gasteiger partial charge in [0, 0.05) is 0 Å². The first-order valence-electron chi connectivity index (χ1n) is 15.9. The van der Waals surface area contributed by atoms with Crippen LogP contribution in [0, 0.1) is 0 Å². The van der Waals surface area contributed by atoms with Crippen LogP contribution >= 0.6 is 0 Å². The van der Waals surface area contributed by atoms with Crippen molar-refractivity contribution in [1.29, 1.82) is 0 Å². The summed E-state index contributed by atoms with van der Waals surface area (Å²) in [6, 6.07) is 9.50. The summed E-state index contributed by atoms with van der Waals surface area (Å²) in [6.07, 6.45) is 37.1. The van der Waals surface area contributed by atoms with Gasteiger partial charge in [-0.15, -0.1) is 0 Å². The minimum atomic E-state index is 1.28. The van der Waals surface area contributed by atoms with E-state index in [9.17, 15) is 0 Å². The van der Waals surface area contributed by atoms with Gasteiger partial charge >= 0.3 is 0 Å². The SMILES string of the molecule is CCCCCCCCCCCCCCc1cccc(CCCCCCCCCCCCCC)c1. The van der Waals surface area contributed by atoms with E-state index in [1.54, 1.807) is 11.1 Å². The molecule has 0 unspecified atom stereocenters. The lowest BCUT2D eigenvalue weighted by Crippen LogP contribution is -1.91. The van der Waals surface area contributed by atoms with Crippen LogP contribution in [0.3, 0.4) is 0 Å². The summed E-state index contributed by atoms with van der Waals surface area (Å²) < 4.78 is 0. The highest BCUT2D eigenvalue weighted by Gasteiger charge is 1.99. The molecule has 0 saturated heterocycles. The number of rotatable bonds is 26. The minimum absolute atomic E-state index is 1.28. The van der Waals surface area contributed by atoms with E-state index >= 15 is 0 Å². The van der Waals surface area contributed by atoms with Crippen LogP contribution in [0.5, 0.6) is 0 Å². The molecule has 0 aliphatic carbocycles. The molecule has 1 aromatic carbocycles. The molecule has 0 fully saturated rings. The molecule has 0 saturated carbocycles. The van der Waals surface area contributed by atoms with Crippen LogP contribution in [-0.4, -0.2) is 0 Å². The summed E-state index contributed by atoms with van der Waals surface area (Å²) in [4.78, 5) is 0. The third-order valence-electron chi connectivity index (χ3n) is 7.63. The maximum atomic E-state index is 2.50. The fraction of sp³-hybridized carbons (Fsp3) is 0.824. The third-order valence-corrected chi connectivity index (χ3v) is 7.63. The van der Waals surface area contributed by atoms with E-state index in [4.69, 9.17) is 0 Å². The second kappa shape index (κ2) is 25.3. The molecule has 0 heteroatoms. The number of aryl methyl sites for hydroxylation is 2. The van der Waals surface area contributed by atoms with Gasteiger partial charge in [0.25, 0.3) is 0 Å². The van der Waals surface area contributed by atoms with Crippen molar-refractivity contribution in [2.45, 2.75) is 181 Å². The van der Waals surface area contributed by atoms with Crippen molar-refractivity contribution < 1.29 is 0 Å². The molecule has 0 amide bonds. The highest BCUT2D eigenvalue weighted by Crippen LogP contribution is 2.16. The van der Waals surface area contributed by atoms with Gasteiger partial charge in [0.05, 0.1) is 0 Å². The van der Waals surface area contributed by atoms with Crippen LogP contribution in [0.25, 0.3) is 0 Å². The van der Waals surface area contributed by atoms with E-state index in [1.807, 2.05) is 0 Å². The third kappa shape index (κ3) is 20.6. The van der Waals surface area contributed by atoms with Crippen molar-refractivity contribution in [3.63, 3.8) is 0 Å². The normalized spacial score (nSPS) is 11.4. The van der Waals surface area contributed by atoms with E-state index in [0.717, 1.165) is 0 Å². The van der Waals surface area contributed by atoms with E-state index in [1.165, 1.54) is 167 Å². The lowest BCUT2D eigenvalue weighted by Gasteiger charge is -2.07. The Bertz CT molecular complexity index is 473. The lowest BCUT2D eigenvalue weighted by atomic mass is 9.99. The van der Waals surface area contributed by atoms with Crippen molar-refractivity contribution in [3.05, 3.63) is 35.4 Å². The molecule has 0 N–H and O–H groups in total. The van der Waals surface area contributed by atoms with E-state index in [-0.39, 0.29) is 0 Å².